The van der Waals surface area contributed by atoms with Crippen molar-refractivity contribution in [3.05, 3.63) is 28.2 Å². The molecule has 0 fully saturated rings. The standard InChI is InChI=1S/C13H15Cl2NO4/c1-7(2)12(13(18)19)16-11(17)6-20-8-3-4-9(14)10(15)5-8/h3-5,7,12H,6H2,1-2H3,(H,16,17)(H,18,19)/t12-/m0/s1. The largest absolute Gasteiger partial charge is 0.484 e. The van der Waals surface area contributed by atoms with Crippen LogP contribution in [0.1, 0.15) is 13.8 Å². The van der Waals surface area contributed by atoms with E-state index in [9.17, 15) is 9.59 Å². The molecule has 0 spiro atoms. The van der Waals surface area contributed by atoms with E-state index < -0.39 is 17.9 Å². The van der Waals surface area contributed by atoms with Gasteiger partial charge >= 0.3 is 5.97 Å². The molecule has 1 aromatic rings. The molecule has 0 saturated heterocycles. The summed E-state index contributed by atoms with van der Waals surface area (Å²) in [5.41, 5.74) is 0. The number of carboxylic acids is 1. The first-order chi connectivity index (χ1) is 9.31. The molecular formula is C13H15Cl2NO4. The van der Waals surface area contributed by atoms with Crippen LogP contribution >= 0.6 is 23.2 Å². The van der Waals surface area contributed by atoms with E-state index in [1.165, 1.54) is 6.07 Å². The molecule has 0 aromatic heterocycles. The highest BCUT2D eigenvalue weighted by Gasteiger charge is 2.23. The van der Waals surface area contributed by atoms with Gasteiger partial charge in [-0.3, -0.25) is 4.79 Å². The Balaban J connectivity index is 2.54. The number of carboxylic acid groups (broad SMARTS) is 1. The first-order valence-corrected chi connectivity index (χ1v) is 6.67. The van der Waals surface area contributed by atoms with Gasteiger partial charge in [0.05, 0.1) is 10.0 Å². The third kappa shape index (κ3) is 4.90. The molecule has 0 aliphatic rings. The van der Waals surface area contributed by atoms with Crippen molar-refractivity contribution >= 4 is 35.1 Å². The van der Waals surface area contributed by atoms with Crippen molar-refractivity contribution < 1.29 is 19.4 Å². The lowest BCUT2D eigenvalue weighted by Crippen LogP contribution is -2.46. The fraction of sp³-hybridized carbons (Fsp3) is 0.385. The number of carbonyl (C=O) groups is 2. The Bertz CT molecular complexity index is 505. The lowest BCUT2D eigenvalue weighted by molar-refractivity contribution is -0.143. The topological polar surface area (TPSA) is 75.6 Å². The zero-order valence-corrected chi connectivity index (χ0v) is 12.5. The summed E-state index contributed by atoms with van der Waals surface area (Å²) in [6.07, 6.45) is 0. The van der Waals surface area contributed by atoms with Crippen molar-refractivity contribution in [2.75, 3.05) is 6.61 Å². The summed E-state index contributed by atoms with van der Waals surface area (Å²) in [5, 5.41) is 12.0. The zero-order chi connectivity index (χ0) is 15.3. The van der Waals surface area contributed by atoms with E-state index in [-0.39, 0.29) is 12.5 Å². The number of carbonyl (C=O) groups excluding carboxylic acids is 1. The van der Waals surface area contributed by atoms with Crippen LogP contribution in [0.3, 0.4) is 0 Å². The number of amides is 1. The van der Waals surface area contributed by atoms with Crippen LogP contribution in [0.15, 0.2) is 18.2 Å². The summed E-state index contributed by atoms with van der Waals surface area (Å²) in [5.74, 6) is -1.44. The Morgan fingerprint density at radius 3 is 2.45 bits per heavy atom. The van der Waals surface area contributed by atoms with E-state index in [1.807, 2.05) is 0 Å². The number of aliphatic carboxylic acids is 1. The Hall–Kier alpha value is -1.46. The third-order valence-corrected chi connectivity index (χ3v) is 3.25. The van der Waals surface area contributed by atoms with Gasteiger partial charge in [0.25, 0.3) is 5.91 Å². The SMILES string of the molecule is CC(C)[C@H](NC(=O)COc1ccc(Cl)c(Cl)c1)C(=O)O. The highest BCUT2D eigenvalue weighted by molar-refractivity contribution is 6.42. The Morgan fingerprint density at radius 1 is 1.30 bits per heavy atom. The summed E-state index contributed by atoms with van der Waals surface area (Å²) in [6, 6.07) is 3.65. The van der Waals surface area contributed by atoms with Crippen molar-refractivity contribution in [2.24, 2.45) is 5.92 Å². The molecule has 0 saturated carbocycles. The van der Waals surface area contributed by atoms with Crippen LogP contribution in [0.4, 0.5) is 0 Å². The molecule has 0 aliphatic heterocycles. The number of nitrogens with one attached hydrogen (secondary N) is 1. The maximum atomic E-state index is 11.6. The van der Waals surface area contributed by atoms with E-state index in [2.05, 4.69) is 5.32 Å². The molecule has 1 amide bonds. The Morgan fingerprint density at radius 2 is 1.95 bits per heavy atom. The molecule has 0 aliphatic carbocycles. The van der Waals surface area contributed by atoms with Crippen LogP contribution in [0, 0.1) is 5.92 Å². The van der Waals surface area contributed by atoms with Crippen molar-refractivity contribution in [2.45, 2.75) is 19.9 Å². The Kier molecular flexibility index (Phi) is 6.10. The number of hydrogen-bond donors (Lipinski definition) is 2. The van der Waals surface area contributed by atoms with Gasteiger partial charge in [-0.15, -0.1) is 0 Å². The van der Waals surface area contributed by atoms with E-state index in [0.717, 1.165) is 0 Å². The van der Waals surface area contributed by atoms with Crippen LogP contribution in [0.25, 0.3) is 0 Å². The molecule has 7 heteroatoms. The number of benzene rings is 1. The Labute approximate surface area is 126 Å². The first kappa shape index (κ1) is 16.6. The summed E-state index contributed by atoms with van der Waals surface area (Å²) >= 11 is 11.6. The minimum atomic E-state index is -1.08. The van der Waals surface area contributed by atoms with E-state index in [0.29, 0.717) is 15.8 Å². The number of hydrogen-bond acceptors (Lipinski definition) is 3. The maximum absolute atomic E-state index is 11.6. The monoisotopic (exact) mass is 319 g/mol. The second-order valence-electron chi connectivity index (χ2n) is 4.49. The van der Waals surface area contributed by atoms with Crippen LogP contribution in [0.2, 0.25) is 10.0 Å². The third-order valence-electron chi connectivity index (χ3n) is 2.51. The van der Waals surface area contributed by atoms with Gasteiger partial charge in [0.1, 0.15) is 11.8 Å². The van der Waals surface area contributed by atoms with Crippen LogP contribution in [-0.4, -0.2) is 29.6 Å². The molecule has 1 rings (SSSR count). The average molecular weight is 320 g/mol. The summed E-state index contributed by atoms with van der Waals surface area (Å²) in [4.78, 5) is 22.6. The smallest absolute Gasteiger partial charge is 0.326 e. The molecule has 5 nitrogen and oxygen atoms in total. The molecule has 0 heterocycles. The van der Waals surface area contributed by atoms with Crippen molar-refractivity contribution in [3.8, 4) is 5.75 Å². The van der Waals surface area contributed by atoms with Gasteiger partial charge in [0, 0.05) is 6.07 Å². The van der Waals surface area contributed by atoms with Crippen molar-refractivity contribution in [3.63, 3.8) is 0 Å². The van der Waals surface area contributed by atoms with E-state index >= 15 is 0 Å². The number of rotatable bonds is 6. The number of ether oxygens (including phenoxy) is 1. The molecule has 2 N–H and O–H groups in total. The predicted molar refractivity (Wildman–Crippen MR) is 76.4 cm³/mol. The van der Waals surface area contributed by atoms with Crippen LogP contribution in [0.5, 0.6) is 5.75 Å². The van der Waals surface area contributed by atoms with Gasteiger partial charge in [0.2, 0.25) is 0 Å². The highest BCUT2D eigenvalue weighted by atomic mass is 35.5. The highest BCUT2D eigenvalue weighted by Crippen LogP contribution is 2.26. The molecule has 1 aromatic carbocycles. The first-order valence-electron chi connectivity index (χ1n) is 5.91. The van der Waals surface area contributed by atoms with Crippen molar-refractivity contribution in [1.29, 1.82) is 0 Å². The summed E-state index contributed by atoms with van der Waals surface area (Å²) in [6.45, 7) is 3.12. The normalized spacial score (nSPS) is 12.1. The van der Waals surface area contributed by atoms with Crippen LogP contribution < -0.4 is 10.1 Å². The number of halogens is 2. The molecule has 110 valence electrons. The van der Waals surface area contributed by atoms with Crippen molar-refractivity contribution in [1.82, 2.24) is 5.32 Å². The second-order valence-corrected chi connectivity index (χ2v) is 5.31. The molecule has 0 radical (unpaired) electrons. The van der Waals surface area contributed by atoms with Gasteiger partial charge in [-0.25, -0.2) is 4.79 Å². The molecular weight excluding hydrogens is 305 g/mol. The average Bonchev–Trinajstić information content (AvgIpc) is 2.36. The van der Waals surface area contributed by atoms with Gasteiger partial charge < -0.3 is 15.2 Å². The van der Waals surface area contributed by atoms with Gasteiger partial charge in [-0.2, -0.15) is 0 Å². The van der Waals surface area contributed by atoms with Gasteiger partial charge in [0.15, 0.2) is 6.61 Å². The fourth-order valence-corrected chi connectivity index (χ4v) is 1.73. The van der Waals surface area contributed by atoms with Crippen LogP contribution in [-0.2, 0) is 9.59 Å². The minimum absolute atomic E-state index is 0.221. The van der Waals surface area contributed by atoms with Gasteiger partial charge in [-0.05, 0) is 18.1 Å². The lowest BCUT2D eigenvalue weighted by Gasteiger charge is -2.18. The van der Waals surface area contributed by atoms with Gasteiger partial charge in [-0.1, -0.05) is 37.0 Å². The van der Waals surface area contributed by atoms with E-state index in [4.69, 9.17) is 33.0 Å². The molecule has 0 bridgehead atoms. The quantitative estimate of drug-likeness (QED) is 0.845. The second kappa shape index (κ2) is 7.36. The molecule has 0 unspecified atom stereocenters. The molecule has 1 atom stereocenters. The molecule has 20 heavy (non-hydrogen) atoms. The zero-order valence-electron chi connectivity index (χ0n) is 11.0. The lowest BCUT2D eigenvalue weighted by atomic mass is 10.1. The maximum Gasteiger partial charge on any atom is 0.326 e. The summed E-state index contributed by atoms with van der Waals surface area (Å²) < 4.78 is 5.22. The summed E-state index contributed by atoms with van der Waals surface area (Å²) in [7, 11) is 0. The fourth-order valence-electron chi connectivity index (χ4n) is 1.44. The predicted octanol–water partition coefficient (Wildman–Crippen LogP) is 2.60. The minimum Gasteiger partial charge on any atom is -0.484 e. The van der Waals surface area contributed by atoms with E-state index in [1.54, 1.807) is 26.0 Å².